The van der Waals surface area contributed by atoms with Gasteiger partial charge in [-0.3, -0.25) is 9.78 Å². The predicted molar refractivity (Wildman–Crippen MR) is 70.8 cm³/mol. The second-order valence-electron chi connectivity index (χ2n) is 5.31. The Morgan fingerprint density at radius 3 is 3.05 bits per heavy atom. The van der Waals surface area contributed by atoms with E-state index in [0.717, 1.165) is 36.1 Å². The lowest BCUT2D eigenvalue weighted by atomic mass is 9.96. The van der Waals surface area contributed by atoms with E-state index in [0.29, 0.717) is 5.92 Å². The summed E-state index contributed by atoms with van der Waals surface area (Å²) in [5, 5.41) is 9.38. The van der Waals surface area contributed by atoms with E-state index in [-0.39, 0.29) is 11.8 Å². The van der Waals surface area contributed by atoms with Gasteiger partial charge < -0.3 is 10.1 Å². The van der Waals surface area contributed by atoms with Crippen LogP contribution in [0.4, 0.5) is 0 Å². The molecular weight excluding hydrogens is 242 g/mol. The van der Waals surface area contributed by atoms with Crippen LogP contribution in [0.25, 0.3) is 11.0 Å². The Labute approximate surface area is 111 Å². The minimum absolute atomic E-state index is 0.00477. The predicted octanol–water partition coefficient (Wildman–Crippen LogP) is 2.56. The third-order valence-electron chi connectivity index (χ3n) is 4.21. The van der Waals surface area contributed by atoms with Crippen molar-refractivity contribution < 1.29 is 9.90 Å². The van der Waals surface area contributed by atoms with Crippen molar-refractivity contribution in [2.45, 2.75) is 32.1 Å². The largest absolute Gasteiger partial charge is 0.481 e. The van der Waals surface area contributed by atoms with Crippen LogP contribution in [0, 0.1) is 11.8 Å². The van der Waals surface area contributed by atoms with Crippen LogP contribution in [0.3, 0.4) is 0 Å². The lowest BCUT2D eigenvalue weighted by Crippen LogP contribution is -2.17. The molecule has 5 nitrogen and oxygen atoms in total. The van der Waals surface area contributed by atoms with E-state index in [1.807, 2.05) is 6.07 Å². The first kappa shape index (κ1) is 12.1. The first-order valence-corrected chi connectivity index (χ1v) is 6.71. The summed E-state index contributed by atoms with van der Waals surface area (Å²) in [4.78, 5) is 23.2. The second kappa shape index (κ2) is 4.64. The monoisotopic (exact) mass is 259 g/mol. The standard InChI is InChI=1S/C14H17N3O2/c1-2-8-5-9(10(6-8)14(18)19)13-16-11-3-4-15-7-12(11)17-13/h3-4,7-10H,2,5-6H2,1H3,(H,16,17)(H,18,19). The Bertz CT molecular complexity index is 575. The van der Waals surface area contributed by atoms with Crippen LogP contribution in [0.5, 0.6) is 0 Å². The van der Waals surface area contributed by atoms with Crippen LogP contribution >= 0.6 is 0 Å². The van der Waals surface area contributed by atoms with E-state index in [1.54, 1.807) is 12.4 Å². The Balaban J connectivity index is 1.97. The Morgan fingerprint density at radius 1 is 1.53 bits per heavy atom. The number of imidazole rings is 1. The third-order valence-corrected chi connectivity index (χ3v) is 4.21. The van der Waals surface area contributed by atoms with Crippen molar-refractivity contribution in [1.82, 2.24) is 15.0 Å². The summed E-state index contributed by atoms with van der Waals surface area (Å²) < 4.78 is 0. The lowest BCUT2D eigenvalue weighted by Gasteiger charge is -2.12. The fourth-order valence-corrected chi connectivity index (χ4v) is 3.10. The highest BCUT2D eigenvalue weighted by molar-refractivity contribution is 5.75. The van der Waals surface area contributed by atoms with E-state index >= 15 is 0 Å². The molecule has 3 unspecified atom stereocenters. The Kier molecular flexibility index (Phi) is 2.97. The molecule has 3 atom stereocenters. The molecule has 0 amide bonds. The fourth-order valence-electron chi connectivity index (χ4n) is 3.10. The van der Waals surface area contributed by atoms with Gasteiger partial charge in [-0.1, -0.05) is 13.3 Å². The molecule has 0 aromatic carbocycles. The molecule has 1 aliphatic carbocycles. The SMILES string of the molecule is CCC1CC(C(=O)O)C(c2nc3ccncc3[nH]2)C1. The van der Waals surface area contributed by atoms with Crippen molar-refractivity contribution in [2.75, 3.05) is 0 Å². The summed E-state index contributed by atoms with van der Waals surface area (Å²) >= 11 is 0. The number of nitrogens with zero attached hydrogens (tertiary/aromatic N) is 2. The number of hydrogen-bond donors (Lipinski definition) is 2. The van der Waals surface area contributed by atoms with Gasteiger partial charge >= 0.3 is 5.97 Å². The van der Waals surface area contributed by atoms with E-state index in [1.165, 1.54) is 0 Å². The van der Waals surface area contributed by atoms with Gasteiger partial charge in [-0.15, -0.1) is 0 Å². The normalized spacial score (nSPS) is 26.9. The highest BCUT2D eigenvalue weighted by atomic mass is 16.4. The topological polar surface area (TPSA) is 78.9 Å². The zero-order valence-electron chi connectivity index (χ0n) is 10.8. The number of pyridine rings is 1. The van der Waals surface area contributed by atoms with Crippen molar-refractivity contribution in [3.63, 3.8) is 0 Å². The number of aromatic nitrogens is 3. The van der Waals surface area contributed by atoms with Crippen molar-refractivity contribution >= 4 is 17.0 Å². The molecule has 2 N–H and O–H groups in total. The highest BCUT2D eigenvalue weighted by Gasteiger charge is 2.40. The number of nitrogens with one attached hydrogen (secondary N) is 1. The molecule has 2 heterocycles. The van der Waals surface area contributed by atoms with E-state index in [2.05, 4.69) is 21.9 Å². The zero-order valence-corrected chi connectivity index (χ0v) is 10.8. The van der Waals surface area contributed by atoms with E-state index < -0.39 is 5.97 Å². The van der Waals surface area contributed by atoms with Crippen molar-refractivity contribution in [3.8, 4) is 0 Å². The van der Waals surface area contributed by atoms with Gasteiger partial charge in [-0.05, 0) is 24.8 Å². The third kappa shape index (κ3) is 2.09. The number of aromatic amines is 1. The van der Waals surface area contributed by atoms with Gasteiger partial charge in [0, 0.05) is 12.1 Å². The molecule has 0 spiro atoms. The first-order chi connectivity index (χ1) is 9.19. The maximum absolute atomic E-state index is 11.4. The number of carboxylic acid groups (broad SMARTS) is 1. The molecule has 100 valence electrons. The molecule has 3 rings (SSSR count). The van der Waals surface area contributed by atoms with Gasteiger partial charge in [0.25, 0.3) is 0 Å². The van der Waals surface area contributed by atoms with Crippen LogP contribution < -0.4 is 0 Å². The van der Waals surface area contributed by atoms with Gasteiger partial charge in [0.05, 0.1) is 23.1 Å². The molecule has 1 saturated carbocycles. The van der Waals surface area contributed by atoms with E-state index in [4.69, 9.17) is 0 Å². The molecule has 0 bridgehead atoms. The fraction of sp³-hybridized carbons (Fsp3) is 0.500. The van der Waals surface area contributed by atoms with Gasteiger partial charge in [0.2, 0.25) is 0 Å². The number of aliphatic carboxylic acids is 1. The summed E-state index contributed by atoms with van der Waals surface area (Å²) in [5.41, 5.74) is 1.73. The maximum Gasteiger partial charge on any atom is 0.307 e. The average Bonchev–Trinajstić information content (AvgIpc) is 3.02. The molecule has 0 aliphatic heterocycles. The summed E-state index contributed by atoms with van der Waals surface area (Å²) in [5.74, 6) is 0.247. The molecule has 0 radical (unpaired) electrons. The minimum Gasteiger partial charge on any atom is -0.481 e. The zero-order chi connectivity index (χ0) is 13.4. The van der Waals surface area contributed by atoms with Crippen molar-refractivity contribution in [2.24, 2.45) is 11.8 Å². The summed E-state index contributed by atoms with van der Waals surface area (Å²) in [6.07, 6.45) is 6.12. The molecule has 5 heteroatoms. The minimum atomic E-state index is -0.709. The highest BCUT2D eigenvalue weighted by Crippen LogP contribution is 2.43. The quantitative estimate of drug-likeness (QED) is 0.887. The number of fused-ring (bicyclic) bond motifs is 1. The Morgan fingerprint density at radius 2 is 2.37 bits per heavy atom. The number of carboxylic acids is 1. The van der Waals surface area contributed by atoms with Gasteiger partial charge in [0.1, 0.15) is 5.82 Å². The van der Waals surface area contributed by atoms with Crippen LogP contribution in [-0.4, -0.2) is 26.0 Å². The van der Waals surface area contributed by atoms with E-state index in [9.17, 15) is 9.90 Å². The molecule has 1 fully saturated rings. The van der Waals surface area contributed by atoms with Crippen molar-refractivity contribution in [1.29, 1.82) is 0 Å². The molecule has 2 aromatic heterocycles. The van der Waals surface area contributed by atoms with Crippen LogP contribution in [0.1, 0.15) is 37.9 Å². The van der Waals surface area contributed by atoms with Crippen LogP contribution in [0.2, 0.25) is 0 Å². The second-order valence-corrected chi connectivity index (χ2v) is 5.31. The van der Waals surface area contributed by atoms with Crippen molar-refractivity contribution in [3.05, 3.63) is 24.3 Å². The van der Waals surface area contributed by atoms with Crippen LogP contribution in [0.15, 0.2) is 18.5 Å². The number of hydrogen-bond acceptors (Lipinski definition) is 3. The number of rotatable bonds is 3. The summed E-state index contributed by atoms with van der Waals surface area (Å²) in [6, 6.07) is 1.84. The molecule has 1 aliphatic rings. The summed E-state index contributed by atoms with van der Waals surface area (Å²) in [6.45, 7) is 2.12. The van der Waals surface area contributed by atoms with Gasteiger partial charge in [-0.2, -0.15) is 0 Å². The molecule has 0 saturated heterocycles. The smallest absolute Gasteiger partial charge is 0.307 e. The molecular formula is C14H17N3O2. The first-order valence-electron chi connectivity index (χ1n) is 6.71. The molecule has 19 heavy (non-hydrogen) atoms. The average molecular weight is 259 g/mol. The summed E-state index contributed by atoms with van der Waals surface area (Å²) in [7, 11) is 0. The molecule has 2 aromatic rings. The van der Waals surface area contributed by atoms with Crippen LogP contribution in [-0.2, 0) is 4.79 Å². The number of H-pyrrole nitrogens is 1. The van der Waals surface area contributed by atoms with Gasteiger partial charge in [-0.25, -0.2) is 4.98 Å². The maximum atomic E-state index is 11.4. The van der Waals surface area contributed by atoms with Gasteiger partial charge in [0.15, 0.2) is 0 Å². The lowest BCUT2D eigenvalue weighted by molar-refractivity contribution is -0.142. The Hall–Kier alpha value is -1.91. The number of carbonyl (C=O) groups is 1.